The molecule has 0 aliphatic carbocycles. The van der Waals surface area contributed by atoms with E-state index in [1.54, 1.807) is 12.1 Å². The van der Waals surface area contributed by atoms with Crippen LogP contribution < -0.4 is 0 Å². The molecule has 1 aromatic rings. The predicted octanol–water partition coefficient (Wildman–Crippen LogP) is 0.661. The number of rotatable bonds is 12. The Hall–Kier alpha value is -4.02. The average Bonchev–Trinajstić information content (AvgIpc) is 3.13. The van der Waals surface area contributed by atoms with Gasteiger partial charge in [0.15, 0.2) is 0 Å². The number of carbonyl (C=O) groups is 5. The second-order valence-corrected chi connectivity index (χ2v) is 8.27. The molecule has 0 spiro atoms. The summed E-state index contributed by atoms with van der Waals surface area (Å²) in [6.45, 7) is 5.37. The number of terminal acetylenes is 1. The molecule has 0 unspecified atom stereocenters. The lowest BCUT2D eigenvalue weighted by atomic mass is 9.91. The molecular weight excluding hydrogens is 518 g/mol. The highest BCUT2D eigenvalue weighted by Gasteiger charge is 2.64. The normalized spacial score (nSPS) is 22.2. The monoisotopic (exact) mass is 549 g/mol. The summed E-state index contributed by atoms with van der Waals surface area (Å²) in [5.41, 5.74) is -4.06. The van der Waals surface area contributed by atoms with Crippen molar-refractivity contribution < 1.29 is 57.1 Å². The zero-order valence-corrected chi connectivity index (χ0v) is 22.3. The fourth-order valence-electron chi connectivity index (χ4n) is 3.92. The minimum absolute atomic E-state index is 0.0928. The first-order valence-corrected chi connectivity index (χ1v) is 12.0. The van der Waals surface area contributed by atoms with E-state index in [-0.39, 0.29) is 19.6 Å². The first kappa shape index (κ1) is 31.2. The van der Waals surface area contributed by atoms with E-state index in [0.29, 0.717) is 5.56 Å². The third kappa shape index (κ3) is 7.30. The molecule has 1 saturated heterocycles. The minimum Gasteiger partial charge on any atom is -0.463 e. The van der Waals surface area contributed by atoms with Crippen molar-refractivity contribution in [2.24, 2.45) is 0 Å². The summed E-state index contributed by atoms with van der Waals surface area (Å²) in [7, 11) is 0. The molecule has 1 aliphatic rings. The number of hydrogen-bond donors (Lipinski definition) is 0. The average molecular weight is 550 g/mol. The maximum absolute atomic E-state index is 13.3. The summed E-state index contributed by atoms with van der Waals surface area (Å²) < 4.78 is 37.8. The molecule has 0 radical (unpaired) electrons. The van der Waals surface area contributed by atoms with Crippen LogP contribution in [0.2, 0.25) is 0 Å². The molecule has 212 valence electrons. The number of ether oxygens (including phenoxy) is 7. The Balaban J connectivity index is 2.59. The summed E-state index contributed by atoms with van der Waals surface area (Å²) in [4.78, 5) is 66.1. The number of pyridine rings is 1. The van der Waals surface area contributed by atoms with E-state index in [0.717, 1.165) is 20.8 Å². The van der Waals surface area contributed by atoms with E-state index in [9.17, 15) is 24.0 Å². The highest BCUT2D eigenvalue weighted by Crippen LogP contribution is 2.39. The highest BCUT2D eigenvalue weighted by molar-refractivity contribution is 6.04. The van der Waals surface area contributed by atoms with Gasteiger partial charge in [0.2, 0.25) is 18.0 Å². The van der Waals surface area contributed by atoms with Gasteiger partial charge in [-0.05, 0) is 31.5 Å². The summed E-state index contributed by atoms with van der Waals surface area (Å²) in [5, 5.41) is 0. The third-order valence-corrected chi connectivity index (χ3v) is 5.45. The predicted molar refractivity (Wildman–Crippen MR) is 129 cm³/mol. The van der Waals surface area contributed by atoms with Crippen molar-refractivity contribution in [3.05, 3.63) is 30.1 Å². The van der Waals surface area contributed by atoms with Gasteiger partial charge in [-0.2, -0.15) is 0 Å². The summed E-state index contributed by atoms with van der Waals surface area (Å²) >= 11 is 0. The Kier molecular flexibility index (Phi) is 10.9. The molecule has 2 rings (SSSR count). The number of nitrogens with zero attached hydrogens (tertiary/aromatic N) is 1. The highest BCUT2D eigenvalue weighted by atomic mass is 16.8. The molecule has 1 aliphatic heterocycles. The minimum atomic E-state index is -2.36. The van der Waals surface area contributed by atoms with Gasteiger partial charge in [0, 0.05) is 39.6 Å². The third-order valence-electron chi connectivity index (χ3n) is 5.45. The first-order valence-electron chi connectivity index (χ1n) is 12.0. The second-order valence-electron chi connectivity index (χ2n) is 8.27. The number of carbonyl (C=O) groups excluding carboxylic acids is 5. The fraction of sp³-hybridized carbons (Fsp3) is 0.538. The standard InChI is InChI=1S/C26H31NO12/c1-7-25(39-18(6)30)20(38-22(37-17(5)29)21(25)36-16(4)28)15-35-26(23(31)33-8-2,24(32)34-9-3)14-19-10-12-27-13-11-19/h1,10-13,20-22H,8-9,14-15H2,2-6H3/t20-,21+,22+,25-/m1/s1. The van der Waals surface area contributed by atoms with Crippen LogP contribution in [0.3, 0.4) is 0 Å². The van der Waals surface area contributed by atoms with Crippen LogP contribution >= 0.6 is 0 Å². The molecule has 0 bridgehead atoms. The maximum atomic E-state index is 13.3. The lowest BCUT2D eigenvalue weighted by Crippen LogP contribution is -2.57. The molecule has 0 N–H and O–H groups in total. The van der Waals surface area contributed by atoms with Crippen LogP contribution in [0.15, 0.2) is 24.5 Å². The van der Waals surface area contributed by atoms with Crippen LogP contribution in [0.25, 0.3) is 0 Å². The number of hydrogen-bond acceptors (Lipinski definition) is 13. The molecule has 1 fully saturated rings. The SMILES string of the molecule is C#C[C@@]1(OC(C)=O)[C@@H](COC(Cc2ccncc2)(C(=O)OCC)C(=O)OCC)O[C@H](OC(C)=O)[C@@H]1OC(C)=O. The van der Waals surface area contributed by atoms with E-state index >= 15 is 0 Å². The molecule has 2 heterocycles. The molecular formula is C26H31NO12. The Bertz CT molecular complexity index is 1080. The van der Waals surface area contributed by atoms with Gasteiger partial charge in [0.1, 0.15) is 6.10 Å². The van der Waals surface area contributed by atoms with E-state index in [1.807, 2.05) is 0 Å². The molecule has 39 heavy (non-hydrogen) atoms. The first-order chi connectivity index (χ1) is 18.4. The molecule has 4 atom stereocenters. The second kappa shape index (κ2) is 13.7. The Labute approximate surface area is 225 Å². The molecule has 13 nitrogen and oxygen atoms in total. The molecule has 0 amide bonds. The lowest BCUT2D eigenvalue weighted by Gasteiger charge is -2.34. The van der Waals surface area contributed by atoms with Crippen LogP contribution in [-0.2, 0) is 63.6 Å². The molecule has 13 heteroatoms. The van der Waals surface area contributed by atoms with Crippen LogP contribution in [0.5, 0.6) is 0 Å². The Morgan fingerprint density at radius 3 is 2.00 bits per heavy atom. The molecule has 0 saturated carbocycles. The van der Waals surface area contributed by atoms with Gasteiger partial charge in [-0.1, -0.05) is 5.92 Å². The van der Waals surface area contributed by atoms with E-state index in [4.69, 9.17) is 39.6 Å². The van der Waals surface area contributed by atoms with Crippen molar-refractivity contribution in [3.63, 3.8) is 0 Å². The summed E-state index contributed by atoms with van der Waals surface area (Å²) in [6, 6.07) is 3.11. The van der Waals surface area contributed by atoms with Crippen LogP contribution in [-0.4, -0.2) is 84.4 Å². The topological polar surface area (TPSA) is 163 Å². The molecule has 0 aromatic carbocycles. The summed E-state index contributed by atoms with van der Waals surface area (Å²) in [5.74, 6) is -2.43. The quantitative estimate of drug-likeness (QED) is 0.155. The molecule has 1 aromatic heterocycles. The van der Waals surface area contributed by atoms with Gasteiger partial charge in [0.05, 0.1) is 19.8 Å². The van der Waals surface area contributed by atoms with Crippen molar-refractivity contribution in [2.45, 2.75) is 70.7 Å². The smallest absolute Gasteiger partial charge is 0.350 e. The lowest BCUT2D eigenvalue weighted by molar-refractivity contribution is -0.206. The number of aromatic nitrogens is 1. The van der Waals surface area contributed by atoms with Crippen molar-refractivity contribution in [3.8, 4) is 12.3 Å². The van der Waals surface area contributed by atoms with Gasteiger partial charge in [-0.25, -0.2) is 9.59 Å². The van der Waals surface area contributed by atoms with Crippen molar-refractivity contribution in [1.82, 2.24) is 4.98 Å². The maximum Gasteiger partial charge on any atom is 0.350 e. The Morgan fingerprint density at radius 1 is 0.974 bits per heavy atom. The number of esters is 5. The summed E-state index contributed by atoms with van der Waals surface area (Å²) in [6.07, 6.45) is 3.60. The Morgan fingerprint density at radius 2 is 1.54 bits per heavy atom. The van der Waals surface area contributed by atoms with Crippen molar-refractivity contribution in [1.29, 1.82) is 0 Å². The van der Waals surface area contributed by atoms with Gasteiger partial charge in [0.25, 0.3) is 5.60 Å². The van der Waals surface area contributed by atoms with Crippen molar-refractivity contribution >= 4 is 29.8 Å². The van der Waals surface area contributed by atoms with Gasteiger partial charge in [-0.3, -0.25) is 19.4 Å². The van der Waals surface area contributed by atoms with E-state index < -0.39 is 66.2 Å². The largest absolute Gasteiger partial charge is 0.463 e. The van der Waals surface area contributed by atoms with Crippen molar-refractivity contribution in [2.75, 3.05) is 19.8 Å². The zero-order valence-electron chi connectivity index (χ0n) is 22.3. The van der Waals surface area contributed by atoms with Crippen LogP contribution in [0.4, 0.5) is 0 Å². The van der Waals surface area contributed by atoms with Gasteiger partial charge in [-0.15, -0.1) is 6.42 Å². The fourth-order valence-corrected chi connectivity index (χ4v) is 3.92. The van der Waals surface area contributed by atoms with Crippen LogP contribution in [0, 0.1) is 12.3 Å². The van der Waals surface area contributed by atoms with E-state index in [1.165, 1.54) is 26.2 Å². The van der Waals surface area contributed by atoms with Gasteiger partial charge < -0.3 is 33.2 Å². The van der Waals surface area contributed by atoms with Crippen LogP contribution in [0.1, 0.15) is 40.2 Å². The van der Waals surface area contributed by atoms with E-state index in [2.05, 4.69) is 10.9 Å². The van der Waals surface area contributed by atoms with Gasteiger partial charge >= 0.3 is 29.8 Å². The zero-order chi connectivity index (χ0) is 29.2.